The van der Waals surface area contributed by atoms with Crippen molar-refractivity contribution < 1.29 is 4.79 Å². The van der Waals surface area contributed by atoms with E-state index in [-0.39, 0.29) is 24.4 Å². The van der Waals surface area contributed by atoms with E-state index in [9.17, 15) is 4.79 Å². The first-order chi connectivity index (χ1) is 10.7. The van der Waals surface area contributed by atoms with Gasteiger partial charge in [-0.1, -0.05) is 24.3 Å². The number of carbonyl (C=O) groups excluding carboxylic acids is 1. The fourth-order valence-corrected chi connectivity index (χ4v) is 3.18. The summed E-state index contributed by atoms with van der Waals surface area (Å²) in [4.78, 5) is 19.0. The van der Waals surface area contributed by atoms with Crippen molar-refractivity contribution in [1.29, 1.82) is 0 Å². The van der Waals surface area contributed by atoms with Gasteiger partial charge < -0.3 is 10.6 Å². The van der Waals surface area contributed by atoms with E-state index in [1.54, 1.807) is 18.3 Å². The molecule has 1 atom stereocenters. The van der Waals surface area contributed by atoms with Crippen LogP contribution in [0.1, 0.15) is 46.1 Å². The first-order valence-corrected chi connectivity index (χ1v) is 7.72. The summed E-state index contributed by atoms with van der Waals surface area (Å²) in [6.07, 6.45) is 3.72. The Bertz CT molecular complexity index is 689. The highest BCUT2D eigenvalue weighted by atomic mass is 35.5. The molecular formula is C18H22ClN3O. The third-order valence-corrected chi connectivity index (χ3v) is 4.33. The van der Waals surface area contributed by atoms with Gasteiger partial charge in [-0.25, -0.2) is 0 Å². The minimum Gasteiger partial charge on any atom is -0.332 e. The Hall–Kier alpha value is -1.91. The highest BCUT2D eigenvalue weighted by Gasteiger charge is 2.31. The van der Waals surface area contributed by atoms with Crippen molar-refractivity contribution >= 4 is 18.3 Å². The second kappa shape index (κ2) is 7.57. The second-order valence-electron chi connectivity index (χ2n) is 5.75. The number of benzene rings is 1. The fourth-order valence-electron chi connectivity index (χ4n) is 3.18. The van der Waals surface area contributed by atoms with Crippen LogP contribution in [0.15, 0.2) is 42.6 Å². The van der Waals surface area contributed by atoms with Crippen molar-refractivity contribution in [2.75, 3.05) is 6.54 Å². The highest BCUT2D eigenvalue weighted by Crippen LogP contribution is 2.34. The molecule has 2 heterocycles. The third kappa shape index (κ3) is 3.54. The van der Waals surface area contributed by atoms with E-state index in [1.807, 2.05) is 17.0 Å². The quantitative estimate of drug-likeness (QED) is 0.939. The number of nitrogens with two attached hydrogens (primary N) is 1. The largest absolute Gasteiger partial charge is 0.332 e. The van der Waals surface area contributed by atoms with Crippen LogP contribution in [0.2, 0.25) is 0 Å². The van der Waals surface area contributed by atoms with Crippen LogP contribution in [0.5, 0.6) is 0 Å². The number of halogens is 1. The standard InChI is InChI=1S/C18H21N3O.ClH/c1-13-5-2-3-6-16(13)17-7-4-10-21(17)18(22)14-8-9-20-15(11-14)12-19;/h2-3,5-6,8-9,11,17H,4,7,10,12,19H2,1H3;1H. The predicted molar refractivity (Wildman–Crippen MR) is 93.6 cm³/mol. The van der Waals surface area contributed by atoms with Gasteiger partial charge in [-0.3, -0.25) is 9.78 Å². The normalized spacial score (nSPS) is 17.0. The lowest BCUT2D eigenvalue weighted by Gasteiger charge is -2.26. The summed E-state index contributed by atoms with van der Waals surface area (Å²) in [5.41, 5.74) is 9.54. The van der Waals surface area contributed by atoms with Crippen LogP contribution in [0.3, 0.4) is 0 Å². The average molecular weight is 332 g/mol. The van der Waals surface area contributed by atoms with Crippen molar-refractivity contribution in [2.45, 2.75) is 32.4 Å². The average Bonchev–Trinajstić information content (AvgIpc) is 3.04. The maximum absolute atomic E-state index is 12.9. The van der Waals surface area contributed by atoms with Crippen LogP contribution in [0.4, 0.5) is 0 Å². The predicted octanol–water partition coefficient (Wildman–Crippen LogP) is 3.25. The molecule has 122 valence electrons. The van der Waals surface area contributed by atoms with Gasteiger partial charge in [0.1, 0.15) is 0 Å². The molecule has 1 amide bonds. The zero-order chi connectivity index (χ0) is 15.5. The summed E-state index contributed by atoms with van der Waals surface area (Å²) in [5.74, 6) is 0.0721. The number of aromatic nitrogens is 1. The Morgan fingerprint density at radius 2 is 2.13 bits per heavy atom. The van der Waals surface area contributed by atoms with Crippen LogP contribution in [-0.4, -0.2) is 22.3 Å². The van der Waals surface area contributed by atoms with E-state index >= 15 is 0 Å². The van der Waals surface area contributed by atoms with Crippen molar-refractivity contribution in [3.05, 3.63) is 65.0 Å². The molecule has 1 unspecified atom stereocenters. The van der Waals surface area contributed by atoms with Crippen molar-refractivity contribution in [3.63, 3.8) is 0 Å². The third-order valence-electron chi connectivity index (χ3n) is 4.33. The van der Waals surface area contributed by atoms with Gasteiger partial charge in [0.25, 0.3) is 5.91 Å². The lowest BCUT2D eigenvalue weighted by Crippen LogP contribution is -2.31. The van der Waals surface area contributed by atoms with Gasteiger partial charge in [0.2, 0.25) is 0 Å². The first kappa shape index (κ1) is 17.4. The number of amides is 1. The maximum atomic E-state index is 12.9. The SMILES string of the molecule is Cc1ccccc1C1CCCN1C(=O)c1ccnc(CN)c1.Cl. The van der Waals surface area contributed by atoms with Gasteiger partial charge >= 0.3 is 0 Å². The van der Waals surface area contributed by atoms with E-state index in [2.05, 4.69) is 24.0 Å². The van der Waals surface area contributed by atoms with Gasteiger partial charge in [0, 0.05) is 24.8 Å². The summed E-state index contributed by atoms with van der Waals surface area (Å²) in [6, 6.07) is 12.1. The summed E-state index contributed by atoms with van der Waals surface area (Å²) in [5, 5.41) is 0. The molecular weight excluding hydrogens is 310 g/mol. The topological polar surface area (TPSA) is 59.2 Å². The molecule has 3 rings (SSSR count). The van der Waals surface area contributed by atoms with Gasteiger partial charge in [-0.2, -0.15) is 0 Å². The minimum absolute atomic E-state index is 0. The van der Waals surface area contributed by atoms with Crippen LogP contribution in [0, 0.1) is 6.92 Å². The Morgan fingerprint density at radius 3 is 2.87 bits per heavy atom. The molecule has 2 N–H and O–H groups in total. The molecule has 0 spiro atoms. The Morgan fingerprint density at radius 1 is 1.35 bits per heavy atom. The minimum atomic E-state index is 0. The van der Waals surface area contributed by atoms with Gasteiger partial charge in [0.15, 0.2) is 0 Å². The van der Waals surface area contributed by atoms with Crippen molar-refractivity contribution in [3.8, 4) is 0 Å². The van der Waals surface area contributed by atoms with Crippen LogP contribution in [-0.2, 0) is 6.54 Å². The molecule has 0 bridgehead atoms. The Labute approximate surface area is 143 Å². The summed E-state index contributed by atoms with van der Waals surface area (Å²) >= 11 is 0. The van der Waals surface area contributed by atoms with E-state index in [0.717, 1.165) is 25.1 Å². The molecule has 0 saturated carbocycles. The number of rotatable bonds is 3. The number of pyridine rings is 1. The maximum Gasteiger partial charge on any atom is 0.254 e. The zero-order valence-corrected chi connectivity index (χ0v) is 14.1. The first-order valence-electron chi connectivity index (χ1n) is 7.72. The van der Waals surface area contributed by atoms with E-state index < -0.39 is 0 Å². The molecule has 4 nitrogen and oxygen atoms in total. The smallest absolute Gasteiger partial charge is 0.254 e. The van der Waals surface area contributed by atoms with Crippen LogP contribution >= 0.6 is 12.4 Å². The number of hydrogen-bond donors (Lipinski definition) is 1. The lowest BCUT2D eigenvalue weighted by atomic mass is 9.99. The van der Waals surface area contributed by atoms with Gasteiger partial charge in [0.05, 0.1) is 11.7 Å². The molecule has 1 aromatic carbocycles. The van der Waals surface area contributed by atoms with E-state index in [0.29, 0.717) is 12.1 Å². The Balaban J connectivity index is 0.00000192. The van der Waals surface area contributed by atoms with Gasteiger partial charge in [-0.05, 0) is 43.0 Å². The lowest BCUT2D eigenvalue weighted by molar-refractivity contribution is 0.0735. The Kier molecular flexibility index (Phi) is 5.74. The van der Waals surface area contributed by atoms with E-state index in [4.69, 9.17) is 5.73 Å². The number of hydrogen-bond acceptors (Lipinski definition) is 3. The molecule has 2 aromatic rings. The number of likely N-dealkylation sites (tertiary alicyclic amines) is 1. The number of nitrogens with zero attached hydrogens (tertiary/aromatic N) is 2. The molecule has 1 saturated heterocycles. The molecule has 5 heteroatoms. The zero-order valence-electron chi connectivity index (χ0n) is 13.2. The van der Waals surface area contributed by atoms with Gasteiger partial charge in [-0.15, -0.1) is 12.4 Å². The monoisotopic (exact) mass is 331 g/mol. The molecule has 1 fully saturated rings. The molecule has 1 aliphatic heterocycles. The number of carbonyl (C=O) groups is 1. The van der Waals surface area contributed by atoms with Crippen molar-refractivity contribution in [2.24, 2.45) is 5.73 Å². The molecule has 23 heavy (non-hydrogen) atoms. The summed E-state index contributed by atoms with van der Waals surface area (Å²) < 4.78 is 0. The summed E-state index contributed by atoms with van der Waals surface area (Å²) in [7, 11) is 0. The van der Waals surface area contributed by atoms with Crippen LogP contribution in [0.25, 0.3) is 0 Å². The fraction of sp³-hybridized carbons (Fsp3) is 0.333. The second-order valence-corrected chi connectivity index (χ2v) is 5.75. The number of aryl methyl sites for hydroxylation is 1. The molecule has 0 radical (unpaired) electrons. The molecule has 1 aromatic heterocycles. The van der Waals surface area contributed by atoms with Crippen molar-refractivity contribution in [1.82, 2.24) is 9.88 Å². The molecule has 1 aliphatic rings. The highest BCUT2D eigenvalue weighted by molar-refractivity contribution is 5.94. The molecule has 0 aliphatic carbocycles. The van der Waals surface area contributed by atoms with Crippen LogP contribution < -0.4 is 5.73 Å². The van der Waals surface area contributed by atoms with E-state index in [1.165, 1.54) is 11.1 Å². The summed E-state index contributed by atoms with van der Waals surface area (Å²) in [6.45, 7) is 3.26.